The molecule has 1 amide bonds. The van der Waals surface area contributed by atoms with E-state index >= 15 is 0 Å². The average Bonchev–Trinajstić information content (AvgIpc) is 2.46. The molecule has 1 aromatic carbocycles. The molecule has 0 aliphatic carbocycles. The largest absolute Gasteiger partial charge is 0.504 e. The third-order valence-corrected chi connectivity index (χ3v) is 2.64. The summed E-state index contributed by atoms with van der Waals surface area (Å²) >= 11 is 0. The predicted molar refractivity (Wildman–Crippen MR) is 70.1 cm³/mol. The molecule has 0 aliphatic rings. The fourth-order valence-corrected chi connectivity index (χ4v) is 1.60. The Morgan fingerprint density at radius 3 is 2.74 bits per heavy atom. The number of methoxy groups -OCH3 is 1. The molecule has 5 nitrogen and oxygen atoms in total. The van der Waals surface area contributed by atoms with Crippen molar-refractivity contribution in [1.82, 2.24) is 10.3 Å². The van der Waals surface area contributed by atoms with Crippen LogP contribution in [0.25, 0.3) is 0 Å². The number of ether oxygens (including phenoxy) is 1. The van der Waals surface area contributed by atoms with E-state index in [1.807, 2.05) is 12.1 Å². The molecule has 0 bridgehead atoms. The summed E-state index contributed by atoms with van der Waals surface area (Å²) in [7, 11) is 1.44. The van der Waals surface area contributed by atoms with Crippen LogP contribution in [-0.4, -0.2) is 23.1 Å². The first kappa shape index (κ1) is 12.9. The fraction of sp³-hybridized carbons (Fsp3) is 0.143. The second-order valence-electron chi connectivity index (χ2n) is 3.92. The molecule has 98 valence electrons. The topological polar surface area (TPSA) is 71.5 Å². The van der Waals surface area contributed by atoms with E-state index in [1.54, 1.807) is 18.5 Å². The number of phenols is 1. The second-order valence-corrected chi connectivity index (χ2v) is 3.92. The van der Waals surface area contributed by atoms with Crippen molar-refractivity contribution in [3.05, 3.63) is 53.9 Å². The highest BCUT2D eigenvalue weighted by Gasteiger charge is 2.09. The van der Waals surface area contributed by atoms with Gasteiger partial charge in [-0.15, -0.1) is 0 Å². The van der Waals surface area contributed by atoms with Gasteiger partial charge in [-0.3, -0.25) is 9.78 Å². The first-order valence-corrected chi connectivity index (χ1v) is 5.75. The number of carbonyl (C=O) groups excluding carboxylic acids is 1. The van der Waals surface area contributed by atoms with Crippen LogP contribution in [0, 0.1) is 0 Å². The van der Waals surface area contributed by atoms with Crippen molar-refractivity contribution >= 4 is 5.91 Å². The molecule has 0 aliphatic heterocycles. The Kier molecular flexibility index (Phi) is 3.97. The van der Waals surface area contributed by atoms with Crippen molar-refractivity contribution in [2.75, 3.05) is 7.11 Å². The van der Waals surface area contributed by atoms with E-state index in [9.17, 15) is 9.90 Å². The first-order valence-electron chi connectivity index (χ1n) is 5.75. The number of nitrogens with zero attached hydrogens (tertiary/aromatic N) is 1. The minimum atomic E-state index is -0.227. The van der Waals surface area contributed by atoms with Gasteiger partial charge in [-0.1, -0.05) is 0 Å². The minimum absolute atomic E-state index is 0.00758. The lowest BCUT2D eigenvalue weighted by Crippen LogP contribution is -2.22. The maximum absolute atomic E-state index is 11.9. The van der Waals surface area contributed by atoms with E-state index in [1.165, 1.54) is 19.2 Å². The number of carbonyl (C=O) groups is 1. The minimum Gasteiger partial charge on any atom is -0.504 e. The molecule has 0 unspecified atom stereocenters. The fourth-order valence-electron chi connectivity index (χ4n) is 1.60. The summed E-state index contributed by atoms with van der Waals surface area (Å²) in [5, 5.41) is 12.2. The second kappa shape index (κ2) is 5.86. The summed E-state index contributed by atoms with van der Waals surface area (Å²) < 4.78 is 4.96. The Labute approximate surface area is 110 Å². The molecule has 19 heavy (non-hydrogen) atoms. The Hall–Kier alpha value is -2.56. The normalized spacial score (nSPS) is 9.95. The van der Waals surface area contributed by atoms with Gasteiger partial charge in [0, 0.05) is 24.5 Å². The molecule has 0 saturated carbocycles. The summed E-state index contributed by atoms with van der Waals surface area (Å²) in [5.41, 5.74) is 1.40. The van der Waals surface area contributed by atoms with Gasteiger partial charge in [-0.25, -0.2) is 0 Å². The van der Waals surface area contributed by atoms with Gasteiger partial charge < -0.3 is 15.2 Å². The van der Waals surface area contributed by atoms with E-state index in [2.05, 4.69) is 10.3 Å². The van der Waals surface area contributed by atoms with Gasteiger partial charge in [0.25, 0.3) is 5.91 Å². The standard InChI is InChI=1S/C14H14N2O3/c1-19-13-8-11(2-3-12(13)17)14(18)16-9-10-4-6-15-7-5-10/h2-8,17H,9H2,1H3,(H,16,18). The highest BCUT2D eigenvalue weighted by Crippen LogP contribution is 2.26. The SMILES string of the molecule is COc1cc(C(=O)NCc2ccncc2)ccc1O. The number of rotatable bonds is 4. The smallest absolute Gasteiger partial charge is 0.251 e. The summed E-state index contributed by atoms with van der Waals surface area (Å²) in [6.07, 6.45) is 3.34. The van der Waals surface area contributed by atoms with Crippen LogP contribution in [-0.2, 0) is 6.54 Å². The van der Waals surface area contributed by atoms with E-state index < -0.39 is 0 Å². The zero-order valence-electron chi connectivity index (χ0n) is 10.5. The third-order valence-electron chi connectivity index (χ3n) is 2.64. The third kappa shape index (κ3) is 3.22. The van der Waals surface area contributed by atoms with E-state index in [0.29, 0.717) is 12.1 Å². The number of nitrogens with one attached hydrogen (secondary N) is 1. The Bertz CT molecular complexity index is 570. The van der Waals surface area contributed by atoms with E-state index in [0.717, 1.165) is 5.56 Å². The summed E-state index contributed by atoms with van der Waals surface area (Å²) in [4.78, 5) is 15.8. The molecule has 5 heteroatoms. The summed E-state index contributed by atoms with van der Waals surface area (Å²) in [6, 6.07) is 8.13. The molecule has 0 fully saturated rings. The lowest BCUT2D eigenvalue weighted by atomic mass is 10.2. The van der Waals surface area contributed by atoms with Crippen molar-refractivity contribution in [1.29, 1.82) is 0 Å². The van der Waals surface area contributed by atoms with Crippen LogP contribution in [0.5, 0.6) is 11.5 Å². The zero-order chi connectivity index (χ0) is 13.7. The molecule has 1 heterocycles. The van der Waals surface area contributed by atoms with Gasteiger partial charge in [0.05, 0.1) is 7.11 Å². The van der Waals surface area contributed by atoms with Crippen LogP contribution in [0.1, 0.15) is 15.9 Å². The van der Waals surface area contributed by atoms with Gasteiger partial charge in [-0.05, 0) is 35.9 Å². The number of aromatic nitrogens is 1. The number of amides is 1. The van der Waals surface area contributed by atoms with Crippen molar-refractivity contribution in [2.45, 2.75) is 6.54 Å². The Morgan fingerprint density at radius 2 is 2.05 bits per heavy atom. The molecular formula is C14H14N2O3. The predicted octanol–water partition coefficient (Wildman–Crippen LogP) is 1.73. The summed E-state index contributed by atoms with van der Waals surface area (Å²) in [6.45, 7) is 0.421. The van der Waals surface area contributed by atoms with Gasteiger partial charge in [0.1, 0.15) is 0 Å². The molecule has 0 atom stereocenters. The van der Waals surface area contributed by atoms with Crippen molar-refractivity contribution < 1.29 is 14.6 Å². The summed E-state index contributed by atoms with van der Waals surface area (Å²) in [5.74, 6) is 0.0554. The van der Waals surface area contributed by atoms with Crippen molar-refractivity contribution in [2.24, 2.45) is 0 Å². The molecular weight excluding hydrogens is 244 g/mol. The number of benzene rings is 1. The van der Waals surface area contributed by atoms with E-state index in [-0.39, 0.29) is 17.4 Å². The zero-order valence-corrected chi connectivity index (χ0v) is 10.5. The van der Waals surface area contributed by atoms with Gasteiger partial charge in [0.15, 0.2) is 11.5 Å². The molecule has 1 aromatic heterocycles. The molecule has 2 rings (SSSR count). The molecule has 2 N–H and O–H groups in total. The van der Waals surface area contributed by atoms with Crippen LogP contribution >= 0.6 is 0 Å². The number of hydrogen-bond acceptors (Lipinski definition) is 4. The lowest BCUT2D eigenvalue weighted by Gasteiger charge is -2.08. The van der Waals surface area contributed by atoms with Crippen LogP contribution in [0.3, 0.4) is 0 Å². The highest BCUT2D eigenvalue weighted by molar-refractivity contribution is 5.94. The Balaban J connectivity index is 2.04. The number of hydrogen-bond donors (Lipinski definition) is 2. The van der Waals surface area contributed by atoms with Gasteiger partial charge in [0.2, 0.25) is 0 Å². The Morgan fingerprint density at radius 1 is 1.32 bits per heavy atom. The van der Waals surface area contributed by atoms with Crippen LogP contribution in [0.15, 0.2) is 42.7 Å². The number of aromatic hydroxyl groups is 1. The van der Waals surface area contributed by atoms with Crippen molar-refractivity contribution in [3.63, 3.8) is 0 Å². The monoisotopic (exact) mass is 258 g/mol. The van der Waals surface area contributed by atoms with Crippen molar-refractivity contribution in [3.8, 4) is 11.5 Å². The van der Waals surface area contributed by atoms with Crippen LogP contribution < -0.4 is 10.1 Å². The maximum Gasteiger partial charge on any atom is 0.251 e. The number of phenolic OH excluding ortho intramolecular Hbond substituents is 1. The van der Waals surface area contributed by atoms with Crippen LogP contribution in [0.4, 0.5) is 0 Å². The average molecular weight is 258 g/mol. The molecule has 0 radical (unpaired) electrons. The van der Waals surface area contributed by atoms with E-state index in [4.69, 9.17) is 4.74 Å². The molecule has 2 aromatic rings. The van der Waals surface area contributed by atoms with Gasteiger partial charge in [-0.2, -0.15) is 0 Å². The quantitative estimate of drug-likeness (QED) is 0.876. The molecule has 0 saturated heterocycles. The molecule has 0 spiro atoms. The first-order chi connectivity index (χ1) is 9.20. The maximum atomic E-state index is 11.9. The van der Waals surface area contributed by atoms with Gasteiger partial charge >= 0.3 is 0 Å². The lowest BCUT2D eigenvalue weighted by molar-refractivity contribution is 0.0950. The highest BCUT2D eigenvalue weighted by atomic mass is 16.5. The van der Waals surface area contributed by atoms with Crippen LogP contribution in [0.2, 0.25) is 0 Å². The number of pyridine rings is 1.